The first-order chi connectivity index (χ1) is 13.6. The van der Waals surface area contributed by atoms with E-state index in [1.165, 1.54) is 0 Å². The van der Waals surface area contributed by atoms with Crippen LogP contribution in [0, 0.1) is 0 Å². The number of benzene rings is 2. The van der Waals surface area contributed by atoms with E-state index in [4.69, 9.17) is 4.74 Å². The molecule has 0 saturated heterocycles. The monoisotopic (exact) mass is 374 g/mol. The molecule has 0 unspecified atom stereocenters. The molecule has 0 saturated carbocycles. The maximum absolute atomic E-state index is 13.0. The van der Waals surface area contributed by atoms with Crippen LogP contribution < -0.4 is 4.74 Å². The van der Waals surface area contributed by atoms with Gasteiger partial charge in [0.05, 0.1) is 19.0 Å². The molecule has 6 nitrogen and oxygen atoms in total. The summed E-state index contributed by atoms with van der Waals surface area (Å²) in [5.41, 5.74) is 3.62. The lowest BCUT2D eigenvalue weighted by Crippen LogP contribution is -2.26. The van der Waals surface area contributed by atoms with E-state index >= 15 is 0 Å². The number of methoxy groups -OCH3 is 1. The van der Waals surface area contributed by atoms with Crippen molar-refractivity contribution in [2.24, 2.45) is 7.05 Å². The second-order valence-corrected chi connectivity index (χ2v) is 6.82. The van der Waals surface area contributed by atoms with E-state index in [0.717, 1.165) is 27.9 Å². The summed E-state index contributed by atoms with van der Waals surface area (Å²) in [5, 5.41) is 5.39. The van der Waals surface area contributed by atoms with Crippen molar-refractivity contribution < 1.29 is 9.53 Å². The summed E-state index contributed by atoms with van der Waals surface area (Å²) in [4.78, 5) is 14.7. The molecule has 2 aromatic carbocycles. The minimum absolute atomic E-state index is 0.00840. The fourth-order valence-corrected chi connectivity index (χ4v) is 3.38. The fourth-order valence-electron chi connectivity index (χ4n) is 3.38. The third kappa shape index (κ3) is 3.24. The molecule has 0 aliphatic heterocycles. The number of ether oxygens (including phenoxy) is 1. The van der Waals surface area contributed by atoms with Crippen molar-refractivity contribution in [2.75, 3.05) is 14.2 Å². The lowest BCUT2D eigenvalue weighted by molar-refractivity contribution is 0.0787. The van der Waals surface area contributed by atoms with Crippen LogP contribution in [0.4, 0.5) is 0 Å². The van der Waals surface area contributed by atoms with Gasteiger partial charge in [-0.1, -0.05) is 12.1 Å². The summed E-state index contributed by atoms with van der Waals surface area (Å²) in [6, 6.07) is 15.5. The fraction of sp³-hybridized carbons (Fsp3) is 0.182. The molecule has 28 heavy (non-hydrogen) atoms. The number of aromatic nitrogens is 3. The highest BCUT2D eigenvalue weighted by Crippen LogP contribution is 2.22. The van der Waals surface area contributed by atoms with Crippen molar-refractivity contribution in [2.45, 2.75) is 6.54 Å². The smallest absolute Gasteiger partial charge is 0.254 e. The maximum atomic E-state index is 13.0. The zero-order valence-electron chi connectivity index (χ0n) is 16.2. The Labute approximate surface area is 163 Å². The van der Waals surface area contributed by atoms with Gasteiger partial charge in [0, 0.05) is 61.1 Å². The zero-order chi connectivity index (χ0) is 19.7. The highest BCUT2D eigenvalue weighted by atomic mass is 16.5. The van der Waals surface area contributed by atoms with Gasteiger partial charge >= 0.3 is 0 Å². The predicted molar refractivity (Wildman–Crippen MR) is 109 cm³/mol. The van der Waals surface area contributed by atoms with Crippen LogP contribution in [0.25, 0.3) is 16.6 Å². The summed E-state index contributed by atoms with van der Waals surface area (Å²) in [5.74, 6) is 0.767. The topological polar surface area (TPSA) is 52.3 Å². The molecule has 1 amide bonds. The molecule has 0 N–H and O–H groups in total. The van der Waals surface area contributed by atoms with Gasteiger partial charge in [0.15, 0.2) is 0 Å². The van der Waals surface area contributed by atoms with Crippen molar-refractivity contribution in [3.63, 3.8) is 0 Å². The summed E-state index contributed by atoms with van der Waals surface area (Å²) in [7, 11) is 5.43. The Kier molecular flexibility index (Phi) is 4.61. The Bertz CT molecular complexity index is 1140. The number of aryl methyl sites for hydroxylation is 1. The lowest BCUT2D eigenvalue weighted by Gasteiger charge is -2.17. The number of carbonyl (C=O) groups excluding carboxylic acids is 1. The number of nitrogens with zero attached hydrogens (tertiary/aromatic N) is 4. The zero-order valence-corrected chi connectivity index (χ0v) is 16.2. The van der Waals surface area contributed by atoms with Crippen LogP contribution in [0.1, 0.15) is 15.9 Å². The molecule has 0 fully saturated rings. The second-order valence-electron chi connectivity index (χ2n) is 6.82. The summed E-state index contributed by atoms with van der Waals surface area (Å²) in [6.07, 6.45) is 5.69. The largest absolute Gasteiger partial charge is 0.497 e. The number of fused-ring (bicyclic) bond motifs is 1. The van der Waals surface area contributed by atoms with E-state index < -0.39 is 0 Å². The van der Waals surface area contributed by atoms with Gasteiger partial charge in [-0.3, -0.25) is 4.79 Å². The van der Waals surface area contributed by atoms with Gasteiger partial charge in [0.25, 0.3) is 5.91 Å². The van der Waals surface area contributed by atoms with Crippen LogP contribution in [-0.2, 0) is 13.6 Å². The SMILES string of the molecule is COc1cccc(-n2cc(CN(C)C(=O)c3cccc4c3ccn4C)cn2)c1. The molecule has 142 valence electrons. The van der Waals surface area contributed by atoms with Crippen molar-refractivity contribution in [1.29, 1.82) is 0 Å². The van der Waals surface area contributed by atoms with Crippen LogP contribution in [0.2, 0.25) is 0 Å². The lowest BCUT2D eigenvalue weighted by atomic mass is 10.1. The molecule has 0 aliphatic carbocycles. The molecule has 2 aromatic heterocycles. The second kappa shape index (κ2) is 7.23. The third-order valence-electron chi connectivity index (χ3n) is 4.88. The van der Waals surface area contributed by atoms with Crippen LogP contribution in [-0.4, -0.2) is 39.3 Å². The van der Waals surface area contributed by atoms with Gasteiger partial charge in [0.1, 0.15) is 5.75 Å². The summed E-state index contributed by atoms with van der Waals surface area (Å²) >= 11 is 0. The van der Waals surface area contributed by atoms with E-state index in [1.807, 2.05) is 79.6 Å². The van der Waals surface area contributed by atoms with Gasteiger partial charge in [0.2, 0.25) is 0 Å². The standard InChI is InChI=1S/C22H22N4O2/c1-24-11-10-19-20(8-5-9-21(19)24)22(27)25(2)14-16-13-23-26(15-16)17-6-4-7-18(12-17)28-3/h4-13,15H,14H2,1-3H3. The van der Waals surface area contributed by atoms with Gasteiger partial charge in [-0.15, -0.1) is 0 Å². The van der Waals surface area contributed by atoms with Crippen molar-refractivity contribution in [1.82, 2.24) is 19.2 Å². The van der Waals surface area contributed by atoms with Crippen LogP contribution in [0.3, 0.4) is 0 Å². The number of carbonyl (C=O) groups is 1. The van der Waals surface area contributed by atoms with Crippen molar-refractivity contribution >= 4 is 16.8 Å². The minimum atomic E-state index is -0.00840. The molecule has 0 aliphatic rings. The number of hydrogen-bond donors (Lipinski definition) is 0. The first kappa shape index (κ1) is 17.9. The number of rotatable bonds is 5. The van der Waals surface area contributed by atoms with Gasteiger partial charge in [-0.05, 0) is 30.3 Å². The van der Waals surface area contributed by atoms with E-state index in [1.54, 1.807) is 22.9 Å². The van der Waals surface area contributed by atoms with Crippen molar-refractivity contribution in [3.8, 4) is 11.4 Å². The first-order valence-electron chi connectivity index (χ1n) is 9.04. The van der Waals surface area contributed by atoms with E-state index in [-0.39, 0.29) is 5.91 Å². The third-order valence-corrected chi connectivity index (χ3v) is 4.88. The molecular formula is C22H22N4O2. The Balaban J connectivity index is 1.54. The highest BCUT2D eigenvalue weighted by Gasteiger charge is 2.16. The molecular weight excluding hydrogens is 352 g/mol. The molecule has 0 spiro atoms. The maximum Gasteiger partial charge on any atom is 0.254 e. The minimum Gasteiger partial charge on any atom is -0.497 e. The molecule has 4 aromatic rings. The normalized spacial score (nSPS) is 11.0. The average Bonchev–Trinajstić information content (AvgIpc) is 3.34. The Morgan fingerprint density at radius 1 is 1.18 bits per heavy atom. The Morgan fingerprint density at radius 3 is 2.82 bits per heavy atom. The van der Waals surface area contributed by atoms with Gasteiger partial charge < -0.3 is 14.2 Å². The first-order valence-corrected chi connectivity index (χ1v) is 9.04. The van der Waals surface area contributed by atoms with Crippen LogP contribution in [0.15, 0.2) is 67.1 Å². The van der Waals surface area contributed by atoms with E-state index in [9.17, 15) is 4.79 Å². The van der Waals surface area contributed by atoms with E-state index in [0.29, 0.717) is 12.1 Å². The number of hydrogen-bond acceptors (Lipinski definition) is 3. The number of amides is 1. The average molecular weight is 374 g/mol. The molecule has 0 atom stereocenters. The molecule has 4 rings (SSSR count). The summed E-state index contributed by atoms with van der Waals surface area (Å²) in [6.45, 7) is 0.478. The van der Waals surface area contributed by atoms with Crippen LogP contribution >= 0.6 is 0 Å². The highest BCUT2D eigenvalue weighted by molar-refractivity contribution is 6.06. The molecule has 2 heterocycles. The van der Waals surface area contributed by atoms with Gasteiger partial charge in [-0.2, -0.15) is 5.10 Å². The quantitative estimate of drug-likeness (QED) is 0.536. The van der Waals surface area contributed by atoms with Crippen molar-refractivity contribution in [3.05, 3.63) is 78.2 Å². The Hall–Kier alpha value is -3.54. The molecule has 0 radical (unpaired) electrons. The van der Waals surface area contributed by atoms with Gasteiger partial charge in [-0.25, -0.2) is 4.68 Å². The Morgan fingerprint density at radius 2 is 2.00 bits per heavy atom. The van der Waals surface area contributed by atoms with E-state index in [2.05, 4.69) is 5.10 Å². The summed E-state index contributed by atoms with van der Waals surface area (Å²) < 4.78 is 9.07. The van der Waals surface area contributed by atoms with Crippen LogP contribution in [0.5, 0.6) is 5.75 Å². The molecule has 0 bridgehead atoms. The predicted octanol–water partition coefficient (Wildman–Crippen LogP) is 3.64. The molecule has 6 heteroatoms.